The second-order valence-corrected chi connectivity index (χ2v) is 8.95. The van der Waals surface area contributed by atoms with Gasteiger partial charge >= 0.3 is 12.6 Å². The van der Waals surface area contributed by atoms with Crippen LogP contribution in [0.4, 0.5) is 14.5 Å². The summed E-state index contributed by atoms with van der Waals surface area (Å²) in [6.07, 6.45) is 0. The molecule has 0 spiro atoms. The van der Waals surface area contributed by atoms with Gasteiger partial charge in [0.05, 0.1) is 15.4 Å². The summed E-state index contributed by atoms with van der Waals surface area (Å²) in [5.41, 5.74) is 0.0820. The zero-order valence-electron chi connectivity index (χ0n) is 17.2. The SMILES string of the molecule is O=C(COC(=O)c1ccc2c(c1)S(=O)(=O)c1ccccc1C2=O)Nc1ccc(OC(F)F)cc1. The fraction of sp³-hybridized carbons (Fsp3) is 0.0870. The molecule has 0 radical (unpaired) electrons. The van der Waals surface area contributed by atoms with Crippen molar-refractivity contribution in [3.63, 3.8) is 0 Å². The molecule has 1 aliphatic rings. The minimum atomic E-state index is -4.04. The number of rotatable bonds is 6. The Morgan fingerprint density at radius 1 is 0.912 bits per heavy atom. The lowest BCUT2D eigenvalue weighted by Crippen LogP contribution is -2.22. The van der Waals surface area contributed by atoms with E-state index in [9.17, 15) is 31.6 Å². The number of halogens is 2. The molecule has 3 aromatic carbocycles. The van der Waals surface area contributed by atoms with Crippen molar-refractivity contribution in [2.24, 2.45) is 0 Å². The molecule has 8 nitrogen and oxygen atoms in total. The quantitative estimate of drug-likeness (QED) is 0.414. The molecule has 0 aliphatic carbocycles. The smallest absolute Gasteiger partial charge is 0.387 e. The van der Waals surface area contributed by atoms with Crippen LogP contribution in [0.1, 0.15) is 26.3 Å². The number of ether oxygens (including phenoxy) is 2. The number of hydrogen-bond donors (Lipinski definition) is 1. The van der Waals surface area contributed by atoms with Gasteiger partial charge in [0.2, 0.25) is 9.84 Å². The van der Waals surface area contributed by atoms with E-state index in [4.69, 9.17) is 4.74 Å². The molecule has 34 heavy (non-hydrogen) atoms. The van der Waals surface area contributed by atoms with Crippen molar-refractivity contribution in [2.75, 3.05) is 11.9 Å². The molecular formula is C23H15F2NO7S. The molecule has 0 bridgehead atoms. The van der Waals surface area contributed by atoms with Crippen LogP contribution in [0.5, 0.6) is 5.75 Å². The van der Waals surface area contributed by atoms with Gasteiger partial charge in [-0.1, -0.05) is 12.1 Å². The van der Waals surface area contributed by atoms with Gasteiger partial charge in [-0.3, -0.25) is 9.59 Å². The summed E-state index contributed by atoms with van der Waals surface area (Å²) in [5, 5.41) is 2.41. The number of esters is 1. The fourth-order valence-corrected chi connectivity index (χ4v) is 5.02. The average molecular weight is 487 g/mol. The van der Waals surface area contributed by atoms with Crippen LogP contribution in [0.25, 0.3) is 0 Å². The highest BCUT2D eigenvalue weighted by Crippen LogP contribution is 2.34. The van der Waals surface area contributed by atoms with Gasteiger partial charge < -0.3 is 14.8 Å². The number of nitrogens with one attached hydrogen (secondary N) is 1. The van der Waals surface area contributed by atoms with Crippen LogP contribution >= 0.6 is 0 Å². The largest absolute Gasteiger partial charge is 0.452 e. The minimum absolute atomic E-state index is 0.0517. The Morgan fingerprint density at radius 3 is 2.29 bits per heavy atom. The summed E-state index contributed by atoms with van der Waals surface area (Å²) in [6.45, 7) is -3.68. The molecule has 0 atom stereocenters. The molecule has 0 fully saturated rings. The summed E-state index contributed by atoms with van der Waals surface area (Å²) in [4.78, 5) is 36.6. The van der Waals surface area contributed by atoms with Crippen molar-refractivity contribution in [2.45, 2.75) is 16.4 Å². The van der Waals surface area contributed by atoms with E-state index in [2.05, 4.69) is 10.1 Å². The maximum Gasteiger partial charge on any atom is 0.387 e. The van der Waals surface area contributed by atoms with Gasteiger partial charge in [0, 0.05) is 16.8 Å². The first-order chi connectivity index (χ1) is 16.2. The van der Waals surface area contributed by atoms with Crippen LogP contribution in [0, 0.1) is 0 Å². The summed E-state index contributed by atoms with van der Waals surface area (Å²) in [6, 6.07) is 14.4. The molecule has 0 unspecified atom stereocenters. The number of fused-ring (bicyclic) bond motifs is 2. The molecule has 0 saturated carbocycles. The second-order valence-electron chi connectivity index (χ2n) is 7.07. The van der Waals surface area contributed by atoms with Gasteiger partial charge in [0.15, 0.2) is 12.4 Å². The molecule has 1 aliphatic heterocycles. The number of ketones is 1. The van der Waals surface area contributed by atoms with Crippen molar-refractivity contribution in [1.29, 1.82) is 0 Å². The maximum atomic E-state index is 12.9. The molecule has 11 heteroatoms. The van der Waals surface area contributed by atoms with Crippen LogP contribution in [0.3, 0.4) is 0 Å². The van der Waals surface area contributed by atoms with Crippen molar-refractivity contribution in [3.8, 4) is 5.75 Å². The van der Waals surface area contributed by atoms with E-state index in [1.807, 2.05) is 0 Å². The Labute approximate surface area is 192 Å². The van der Waals surface area contributed by atoms with Gasteiger partial charge in [0.25, 0.3) is 5.91 Å². The Balaban J connectivity index is 1.44. The zero-order valence-corrected chi connectivity index (χ0v) is 18.0. The van der Waals surface area contributed by atoms with Crippen molar-refractivity contribution in [3.05, 3.63) is 83.4 Å². The molecule has 1 amide bonds. The van der Waals surface area contributed by atoms with Crippen LogP contribution < -0.4 is 10.1 Å². The lowest BCUT2D eigenvalue weighted by molar-refractivity contribution is -0.119. The standard InChI is InChI=1S/C23H15F2NO7S/c24-23(25)33-15-8-6-14(7-9-15)26-20(27)12-32-22(29)13-5-10-17-19(11-13)34(30,31)18-4-2-1-3-16(18)21(17)28/h1-11,23H,12H2,(H,26,27). The fourth-order valence-electron chi connectivity index (χ4n) is 3.34. The third-order valence-electron chi connectivity index (χ3n) is 4.87. The number of benzene rings is 3. The van der Waals surface area contributed by atoms with Gasteiger partial charge in [-0.05, 0) is 54.6 Å². The minimum Gasteiger partial charge on any atom is -0.452 e. The predicted molar refractivity (Wildman–Crippen MR) is 114 cm³/mol. The van der Waals surface area contributed by atoms with Gasteiger partial charge in [-0.2, -0.15) is 8.78 Å². The summed E-state index contributed by atoms with van der Waals surface area (Å²) in [5.74, 6) is -2.27. The van der Waals surface area contributed by atoms with E-state index >= 15 is 0 Å². The highest BCUT2D eigenvalue weighted by atomic mass is 32.2. The van der Waals surface area contributed by atoms with Gasteiger partial charge in [-0.25, -0.2) is 13.2 Å². The number of sulfone groups is 1. The van der Waals surface area contributed by atoms with Gasteiger partial charge in [0.1, 0.15) is 5.75 Å². The Morgan fingerprint density at radius 2 is 1.59 bits per heavy atom. The van der Waals surface area contributed by atoms with E-state index in [0.29, 0.717) is 0 Å². The molecule has 3 aromatic rings. The predicted octanol–water partition coefficient (Wildman–Crippen LogP) is 3.46. The number of hydrogen-bond acceptors (Lipinski definition) is 7. The topological polar surface area (TPSA) is 116 Å². The van der Waals surface area contributed by atoms with E-state index in [1.54, 1.807) is 6.07 Å². The molecule has 1 N–H and O–H groups in total. The molecule has 0 saturated heterocycles. The number of carbonyl (C=O) groups excluding carboxylic acids is 3. The number of anilines is 1. The van der Waals surface area contributed by atoms with Crippen LogP contribution in [0.15, 0.2) is 76.5 Å². The summed E-state index contributed by atoms with van der Waals surface area (Å²) >= 11 is 0. The van der Waals surface area contributed by atoms with Gasteiger partial charge in [-0.15, -0.1) is 0 Å². The zero-order chi connectivity index (χ0) is 24.5. The first-order valence-corrected chi connectivity index (χ1v) is 11.2. The second kappa shape index (κ2) is 9.02. The number of amides is 1. The highest BCUT2D eigenvalue weighted by molar-refractivity contribution is 7.91. The Hall–Kier alpha value is -4.12. The van der Waals surface area contributed by atoms with Crippen LogP contribution in [-0.4, -0.2) is 39.3 Å². The van der Waals surface area contributed by atoms with Crippen molar-refractivity contribution >= 4 is 33.2 Å². The lowest BCUT2D eigenvalue weighted by atomic mass is 10.0. The van der Waals surface area contributed by atoms with E-state index in [0.717, 1.165) is 6.07 Å². The van der Waals surface area contributed by atoms with Crippen LogP contribution in [0.2, 0.25) is 0 Å². The molecular weight excluding hydrogens is 472 g/mol. The van der Waals surface area contributed by atoms with E-state index in [1.165, 1.54) is 54.6 Å². The van der Waals surface area contributed by atoms with E-state index < -0.39 is 40.7 Å². The Bertz CT molecular complexity index is 1400. The highest BCUT2D eigenvalue weighted by Gasteiger charge is 2.35. The summed E-state index contributed by atoms with van der Waals surface area (Å²) < 4.78 is 59.4. The molecule has 0 aromatic heterocycles. The maximum absolute atomic E-state index is 12.9. The average Bonchev–Trinajstić information content (AvgIpc) is 2.82. The van der Waals surface area contributed by atoms with Crippen LogP contribution in [-0.2, 0) is 19.4 Å². The third kappa shape index (κ3) is 4.50. The van der Waals surface area contributed by atoms with Crippen molar-refractivity contribution in [1.82, 2.24) is 0 Å². The monoisotopic (exact) mass is 487 g/mol. The third-order valence-corrected chi connectivity index (χ3v) is 6.72. The molecule has 1 heterocycles. The normalized spacial score (nSPS) is 13.6. The first-order valence-electron chi connectivity index (χ1n) is 9.71. The Kier molecular flexibility index (Phi) is 6.12. The number of alkyl halides is 2. The summed E-state index contributed by atoms with van der Waals surface area (Å²) in [7, 11) is -4.04. The van der Waals surface area contributed by atoms with E-state index in [-0.39, 0.29) is 37.9 Å². The number of carbonyl (C=O) groups is 3. The lowest BCUT2D eigenvalue weighted by Gasteiger charge is -2.19. The first kappa shape index (κ1) is 23.1. The molecule has 174 valence electrons. The molecule has 4 rings (SSSR count). The van der Waals surface area contributed by atoms with Crippen molar-refractivity contribution < 1.29 is 41.1 Å².